The Hall–Kier alpha value is -2.28. The zero-order valence-corrected chi connectivity index (χ0v) is 12.7. The highest BCUT2D eigenvalue weighted by molar-refractivity contribution is 5.78. The Balaban J connectivity index is 1.86. The predicted molar refractivity (Wildman–Crippen MR) is 79.9 cm³/mol. The Morgan fingerprint density at radius 3 is 3.05 bits per heavy atom. The van der Waals surface area contributed by atoms with Crippen LogP contribution in [0.4, 0.5) is 0 Å². The lowest BCUT2D eigenvalue weighted by molar-refractivity contribution is -0.136. The van der Waals surface area contributed by atoms with Crippen molar-refractivity contribution in [3.63, 3.8) is 0 Å². The minimum absolute atomic E-state index is 0.00829. The summed E-state index contributed by atoms with van der Waals surface area (Å²) in [5.74, 6) is 0.686. The zero-order valence-electron chi connectivity index (χ0n) is 12.7. The first-order chi connectivity index (χ1) is 10.7. The lowest BCUT2D eigenvalue weighted by Crippen LogP contribution is -2.33. The number of carbonyl (C=O) groups is 1. The van der Waals surface area contributed by atoms with E-state index in [-0.39, 0.29) is 18.6 Å². The number of imidazole rings is 1. The molecule has 0 bridgehead atoms. The molecule has 7 heteroatoms. The first-order valence-electron chi connectivity index (χ1n) is 7.31. The van der Waals surface area contributed by atoms with E-state index in [4.69, 9.17) is 4.74 Å². The molecule has 1 fully saturated rings. The number of H-pyrrole nitrogens is 1. The van der Waals surface area contributed by atoms with Crippen LogP contribution in [0.5, 0.6) is 0 Å². The highest BCUT2D eigenvalue weighted by Crippen LogP contribution is 2.31. The van der Waals surface area contributed by atoms with Crippen molar-refractivity contribution in [2.45, 2.75) is 25.8 Å². The topological polar surface area (TPSA) is 84.0 Å². The van der Waals surface area contributed by atoms with Crippen molar-refractivity contribution in [3.05, 3.63) is 30.0 Å². The summed E-state index contributed by atoms with van der Waals surface area (Å²) in [7, 11) is 1.53. The summed E-state index contributed by atoms with van der Waals surface area (Å²) >= 11 is 0. The van der Waals surface area contributed by atoms with Crippen molar-refractivity contribution in [3.8, 4) is 11.5 Å². The molecule has 1 amide bonds. The van der Waals surface area contributed by atoms with Gasteiger partial charge < -0.3 is 14.6 Å². The second kappa shape index (κ2) is 6.23. The first-order valence-corrected chi connectivity index (χ1v) is 7.31. The second-order valence-electron chi connectivity index (χ2n) is 5.42. The van der Waals surface area contributed by atoms with Crippen molar-refractivity contribution >= 4 is 5.91 Å². The molecule has 22 heavy (non-hydrogen) atoms. The van der Waals surface area contributed by atoms with Crippen LogP contribution in [0.2, 0.25) is 0 Å². The summed E-state index contributed by atoms with van der Waals surface area (Å²) in [5.41, 5.74) is 2.46. The van der Waals surface area contributed by atoms with Gasteiger partial charge in [-0.25, -0.2) is 9.97 Å². The zero-order chi connectivity index (χ0) is 15.5. The van der Waals surface area contributed by atoms with E-state index < -0.39 is 0 Å². The molecule has 3 rings (SSSR count). The van der Waals surface area contributed by atoms with Crippen LogP contribution < -0.4 is 0 Å². The van der Waals surface area contributed by atoms with Gasteiger partial charge >= 0.3 is 0 Å². The molecule has 1 atom stereocenters. The third-order valence-corrected chi connectivity index (χ3v) is 3.78. The lowest BCUT2D eigenvalue weighted by atomic mass is 10.1. The summed E-state index contributed by atoms with van der Waals surface area (Å²) in [6.45, 7) is 2.77. The molecule has 0 aromatic carbocycles. The fourth-order valence-electron chi connectivity index (χ4n) is 2.78. The summed E-state index contributed by atoms with van der Waals surface area (Å²) in [6.07, 6.45) is 7.02. The maximum atomic E-state index is 12.1. The monoisotopic (exact) mass is 301 g/mol. The standard InChI is InChI=1S/C15H19N5O2/c1-10-6-17-15(18-10)12-8-16-7-11(19-12)13-4-3-5-20(13)14(21)9-22-2/h6-8,13H,3-5,9H2,1-2H3,(H,17,18)/t13-/m1/s1. The summed E-state index contributed by atoms with van der Waals surface area (Å²) in [4.78, 5) is 30.3. The molecular formula is C15H19N5O2. The van der Waals surface area contributed by atoms with Crippen LogP contribution in [0.25, 0.3) is 11.5 Å². The average Bonchev–Trinajstić information content (AvgIpc) is 3.16. The number of nitrogens with zero attached hydrogens (tertiary/aromatic N) is 4. The van der Waals surface area contributed by atoms with Crippen LogP contribution in [0, 0.1) is 6.92 Å². The van der Waals surface area contributed by atoms with E-state index in [0.29, 0.717) is 11.5 Å². The van der Waals surface area contributed by atoms with Gasteiger partial charge in [-0.1, -0.05) is 0 Å². The van der Waals surface area contributed by atoms with Crippen LogP contribution in [0.15, 0.2) is 18.6 Å². The van der Waals surface area contributed by atoms with Gasteiger partial charge in [0.15, 0.2) is 5.82 Å². The largest absolute Gasteiger partial charge is 0.375 e. The van der Waals surface area contributed by atoms with Crippen LogP contribution in [-0.2, 0) is 9.53 Å². The number of amides is 1. The minimum atomic E-state index is -0.0360. The molecule has 0 radical (unpaired) electrons. The Morgan fingerprint density at radius 1 is 1.45 bits per heavy atom. The Kier molecular flexibility index (Phi) is 4.15. The molecule has 1 saturated heterocycles. The SMILES string of the molecule is COCC(=O)N1CCC[C@@H]1c1cncc(-c2ncc(C)[nH]2)n1. The number of aromatic amines is 1. The number of nitrogens with one attached hydrogen (secondary N) is 1. The summed E-state index contributed by atoms with van der Waals surface area (Å²) in [5, 5.41) is 0. The van der Waals surface area contributed by atoms with E-state index in [1.807, 2.05) is 11.8 Å². The summed E-state index contributed by atoms with van der Waals surface area (Å²) < 4.78 is 4.95. The molecule has 0 spiro atoms. The van der Waals surface area contributed by atoms with Gasteiger partial charge in [0.05, 0.1) is 24.1 Å². The maximum absolute atomic E-state index is 12.1. The van der Waals surface area contributed by atoms with E-state index in [9.17, 15) is 4.79 Å². The van der Waals surface area contributed by atoms with E-state index in [1.165, 1.54) is 7.11 Å². The number of likely N-dealkylation sites (tertiary alicyclic amines) is 1. The lowest BCUT2D eigenvalue weighted by Gasteiger charge is -2.24. The third-order valence-electron chi connectivity index (χ3n) is 3.78. The predicted octanol–water partition coefficient (Wildman–Crippen LogP) is 1.49. The normalized spacial score (nSPS) is 17.9. The minimum Gasteiger partial charge on any atom is -0.375 e. The van der Waals surface area contributed by atoms with Crippen molar-refractivity contribution in [1.29, 1.82) is 0 Å². The average molecular weight is 301 g/mol. The third kappa shape index (κ3) is 2.85. The first kappa shape index (κ1) is 14.6. The van der Waals surface area contributed by atoms with Gasteiger partial charge in [-0.15, -0.1) is 0 Å². The Labute approximate surface area is 128 Å². The molecule has 0 aliphatic carbocycles. The van der Waals surface area contributed by atoms with Gasteiger partial charge in [0.1, 0.15) is 12.3 Å². The van der Waals surface area contributed by atoms with Crippen molar-refractivity contribution in [2.75, 3.05) is 20.3 Å². The fourth-order valence-corrected chi connectivity index (χ4v) is 2.78. The van der Waals surface area contributed by atoms with Crippen LogP contribution in [0.3, 0.4) is 0 Å². The number of aryl methyl sites for hydroxylation is 1. The molecule has 2 aromatic heterocycles. The van der Waals surface area contributed by atoms with Crippen molar-refractivity contribution in [1.82, 2.24) is 24.8 Å². The number of aromatic nitrogens is 4. The molecule has 1 aliphatic heterocycles. The number of rotatable bonds is 4. The van der Waals surface area contributed by atoms with Gasteiger partial charge in [-0.3, -0.25) is 9.78 Å². The highest BCUT2D eigenvalue weighted by Gasteiger charge is 2.31. The van der Waals surface area contributed by atoms with Crippen LogP contribution in [-0.4, -0.2) is 51.0 Å². The molecule has 116 valence electrons. The van der Waals surface area contributed by atoms with Gasteiger partial charge in [-0.05, 0) is 19.8 Å². The number of methoxy groups -OCH3 is 1. The smallest absolute Gasteiger partial charge is 0.249 e. The van der Waals surface area contributed by atoms with Crippen molar-refractivity contribution < 1.29 is 9.53 Å². The molecule has 0 saturated carbocycles. The second-order valence-corrected chi connectivity index (χ2v) is 5.42. The van der Waals surface area contributed by atoms with Gasteiger partial charge in [0.2, 0.25) is 5.91 Å². The van der Waals surface area contributed by atoms with E-state index in [2.05, 4.69) is 19.9 Å². The van der Waals surface area contributed by atoms with E-state index in [0.717, 1.165) is 30.8 Å². The maximum Gasteiger partial charge on any atom is 0.249 e. The van der Waals surface area contributed by atoms with Gasteiger partial charge in [0, 0.05) is 25.5 Å². The Bertz CT molecular complexity index is 669. The fraction of sp³-hybridized carbons (Fsp3) is 0.467. The number of ether oxygens (including phenoxy) is 1. The molecule has 1 N–H and O–H groups in total. The Morgan fingerprint density at radius 2 is 2.32 bits per heavy atom. The quantitative estimate of drug-likeness (QED) is 0.925. The molecule has 2 aromatic rings. The van der Waals surface area contributed by atoms with Crippen LogP contribution >= 0.6 is 0 Å². The van der Waals surface area contributed by atoms with Gasteiger partial charge in [0.25, 0.3) is 0 Å². The molecular weight excluding hydrogens is 282 g/mol. The highest BCUT2D eigenvalue weighted by atomic mass is 16.5. The number of carbonyl (C=O) groups excluding carboxylic acids is 1. The number of hydrogen-bond acceptors (Lipinski definition) is 5. The van der Waals surface area contributed by atoms with Crippen molar-refractivity contribution in [2.24, 2.45) is 0 Å². The van der Waals surface area contributed by atoms with E-state index in [1.54, 1.807) is 18.6 Å². The van der Waals surface area contributed by atoms with Crippen LogP contribution in [0.1, 0.15) is 30.3 Å². The molecule has 3 heterocycles. The summed E-state index contributed by atoms with van der Waals surface area (Å²) in [6, 6.07) is -0.0360. The molecule has 1 aliphatic rings. The van der Waals surface area contributed by atoms with Gasteiger partial charge in [-0.2, -0.15) is 0 Å². The molecule has 0 unspecified atom stereocenters. The molecule has 7 nitrogen and oxygen atoms in total. The number of hydrogen-bond donors (Lipinski definition) is 1. The van der Waals surface area contributed by atoms with E-state index >= 15 is 0 Å².